The maximum Gasteiger partial charge on any atom is 0.100 e. The van der Waals surface area contributed by atoms with Crippen LogP contribution in [0.25, 0.3) is 16.7 Å². The van der Waals surface area contributed by atoms with Crippen molar-refractivity contribution in [3.63, 3.8) is 0 Å². The molecule has 0 saturated heterocycles. The number of aromatic nitrogens is 2. The number of rotatable bonds is 3. The van der Waals surface area contributed by atoms with Gasteiger partial charge >= 0.3 is 0 Å². The molecule has 0 amide bonds. The van der Waals surface area contributed by atoms with Crippen LogP contribution < -0.4 is 0 Å². The quantitative estimate of drug-likeness (QED) is 0.720. The Kier molecular flexibility index (Phi) is 3.24. The summed E-state index contributed by atoms with van der Waals surface area (Å²) in [5.41, 5.74) is 4.26. The molecule has 0 spiro atoms. The van der Waals surface area contributed by atoms with Crippen LogP contribution in [0.3, 0.4) is 0 Å². The zero-order chi connectivity index (χ0) is 12.3. The summed E-state index contributed by atoms with van der Waals surface area (Å²) in [6, 6.07) is 8.11. The van der Waals surface area contributed by atoms with E-state index in [0.29, 0.717) is 0 Å². The van der Waals surface area contributed by atoms with Crippen LogP contribution in [0, 0.1) is 0 Å². The first-order valence-corrected chi connectivity index (χ1v) is 5.64. The van der Waals surface area contributed by atoms with E-state index in [4.69, 9.17) is 0 Å². The molecule has 0 aliphatic heterocycles. The van der Waals surface area contributed by atoms with Crippen LogP contribution in [0.4, 0.5) is 0 Å². The van der Waals surface area contributed by atoms with Crippen molar-refractivity contribution in [2.24, 2.45) is 0 Å². The van der Waals surface area contributed by atoms with Crippen molar-refractivity contribution in [3.05, 3.63) is 61.0 Å². The lowest BCUT2D eigenvalue weighted by Gasteiger charge is -2.04. The highest BCUT2D eigenvalue weighted by molar-refractivity contribution is 5.80. The van der Waals surface area contributed by atoms with Gasteiger partial charge in [-0.15, -0.1) is 0 Å². The highest BCUT2D eigenvalue weighted by atomic mass is 15.0. The van der Waals surface area contributed by atoms with Crippen molar-refractivity contribution < 1.29 is 0 Å². The van der Waals surface area contributed by atoms with Gasteiger partial charge in [-0.05, 0) is 32.1 Å². The Morgan fingerprint density at radius 2 is 2.06 bits per heavy atom. The first-order valence-electron chi connectivity index (χ1n) is 5.64. The van der Waals surface area contributed by atoms with Crippen molar-refractivity contribution in [1.29, 1.82) is 0 Å². The molecule has 0 unspecified atom stereocenters. The summed E-state index contributed by atoms with van der Waals surface area (Å²) in [7, 11) is 0. The average Bonchev–Trinajstić information content (AvgIpc) is 2.74. The fraction of sp³-hybridized carbons (Fsp3) is 0.133. The van der Waals surface area contributed by atoms with Gasteiger partial charge in [0.05, 0.1) is 11.0 Å². The molecule has 0 N–H and O–H groups in total. The highest BCUT2D eigenvalue weighted by Gasteiger charge is 2.02. The number of allylic oxidation sites excluding steroid dienone is 5. The van der Waals surface area contributed by atoms with E-state index in [-0.39, 0.29) is 0 Å². The van der Waals surface area contributed by atoms with Crippen molar-refractivity contribution in [2.75, 3.05) is 0 Å². The van der Waals surface area contributed by atoms with Gasteiger partial charge in [0.15, 0.2) is 0 Å². The number of hydrogen-bond donors (Lipinski definition) is 0. The molecule has 86 valence electrons. The van der Waals surface area contributed by atoms with Gasteiger partial charge in [-0.25, -0.2) is 4.98 Å². The molecule has 2 aromatic rings. The van der Waals surface area contributed by atoms with Crippen molar-refractivity contribution in [2.45, 2.75) is 13.8 Å². The number of fused-ring (bicyclic) bond motifs is 1. The molecule has 0 saturated carbocycles. The van der Waals surface area contributed by atoms with Crippen molar-refractivity contribution in [3.8, 4) is 0 Å². The summed E-state index contributed by atoms with van der Waals surface area (Å²) in [6.45, 7) is 7.87. The maximum absolute atomic E-state index is 4.38. The Hall–Kier alpha value is -2.09. The number of hydrogen-bond acceptors (Lipinski definition) is 1. The van der Waals surface area contributed by atoms with E-state index in [1.54, 1.807) is 0 Å². The molecule has 1 heterocycles. The predicted molar refractivity (Wildman–Crippen MR) is 73.6 cm³/mol. The van der Waals surface area contributed by atoms with Gasteiger partial charge in [0.2, 0.25) is 0 Å². The predicted octanol–water partition coefficient (Wildman–Crippen LogP) is 4.03. The second-order valence-corrected chi connectivity index (χ2v) is 4.00. The number of nitrogens with zero attached hydrogens (tertiary/aromatic N) is 2. The summed E-state index contributed by atoms with van der Waals surface area (Å²) in [4.78, 5) is 4.38. The zero-order valence-corrected chi connectivity index (χ0v) is 10.2. The summed E-state index contributed by atoms with van der Waals surface area (Å²) < 4.78 is 2.08. The van der Waals surface area contributed by atoms with Crippen LogP contribution in [0.15, 0.2) is 61.0 Å². The van der Waals surface area contributed by atoms with Crippen LogP contribution >= 0.6 is 0 Å². The maximum atomic E-state index is 4.38. The lowest BCUT2D eigenvalue weighted by atomic mass is 10.2. The lowest BCUT2D eigenvalue weighted by molar-refractivity contribution is 1.13. The number of para-hydroxylation sites is 2. The van der Waals surface area contributed by atoms with Crippen LogP contribution in [0.5, 0.6) is 0 Å². The molecule has 2 heteroatoms. The summed E-state index contributed by atoms with van der Waals surface area (Å²) in [6.07, 6.45) is 7.97. The Balaban J connectivity index is 2.48. The second kappa shape index (κ2) is 4.83. The van der Waals surface area contributed by atoms with Crippen LogP contribution in [-0.2, 0) is 0 Å². The topological polar surface area (TPSA) is 17.8 Å². The van der Waals surface area contributed by atoms with Gasteiger partial charge < -0.3 is 0 Å². The fourth-order valence-electron chi connectivity index (χ4n) is 1.71. The van der Waals surface area contributed by atoms with Crippen LogP contribution in [-0.4, -0.2) is 9.55 Å². The van der Waals surface area contributed by atoms with E-state index in [1.807, 2.05) is 44.4 Å². The van der Waals surface area contributed by atoms with Gasteiger partial charge in [0.1, 0.15) is 6.33 Å². The monoisotopic (exact) mass is 224 g/mol. The molecule has 0 radical (unpaired) electrons. The molecule has 1 aromatic heterocycles. The van der Waals surface area contributed by atoms with Crippen LogP contribution in [0.1, 0.15) is 13.8 Å². The van der Waals surface area contributed by atoms with Crippen LogP contribution in [0.2, 0.25) is 0 Å². The molecule has 0 fully saturated rings. The third-order valence-corrected chi connectivity index (χ3v) is 2.57. The van der Waals surface area contributed by atoms with E-state index in [9.17, 15) is 0 Å². The third kappa shape index (κ3) is 2.36. The molecule has 2 nitrogen and oxygen atoms in total. The molecule has 0 atom stereocenters. The Bertz CT molecular complexity index is 600. The van der Waals surface area contributed by atoms with E-state index in [2.05, 4.69) is 34.3 Å². The van der Waals surface area contributed by atoms with Crippen molar-refractivity contribution in [1.82, 2.24) is 9.55 Å². The van der Waals surface area contributed by atoms with Gasteiger partial charge in [-0.1, -0.05) is 36.4 Å². The molecule has 0 aliphatic rings. The molecular formula is C15H16N2. The normalized spacial score (nSPS) is 12.5. The number of imidazole rings is 1. The largest absolute Gasteiger partial charge is 0.299 e. The number of benzene rings is 1. The van der Waals surface area contributed by atoms with E-state index in [1.165, 1.54) is 0 Å². The smallest absolute Gasteiger partial charge is 0.100 e. The second-order valence-electron chi connectivity index (χ2n) is 4.00. The summed E-state index contributed by atoms with van der Waals surface area (Å²) in [5, 5.41) is 0. The van der Waals surface area contributed by atoms with E-state index >= 15 is 0 Å². The van der Waals surface area contributed by atoms with Crippen molar-refractivity contribution >= 4 is 16.7 Å². The standard InChI is InChI=1S/C15H16N2/c1-4-13(10-9-12(2)3)17-11-16-14-7-5-6-8-15(14)17/h4-11H,2H2,1,3H3/b10-9-,13-4+. The molecule has 1 aromatic carbocycles. The summed E-state index contributed by atoms with van der Waals surface area (Å²) >= 11 is 0. The van der Waals surface area contributed by atoms with E-state index < -0.39 is 0 Å². The Labute approximate surface area is 102 Å². The van der Waals surface area contributed by atoms with Gasteiger partial charge in [0, 0.05) is 5.70 Å². The zero-order valence-electron chi connectivity index (χ0n) is 10.2. The molecule has 0 bridgehead atoms. The molecule has 17 heavy (non-hydrogen) atoms. The van der Waals surface area contributed by atoms with Gasteiger partial charge in [0.25, 0.3) is 0 Å². The fourth-order valence-corrected chi connectivity index (χ4v) is 1.71. The minimum atomic E-state index is 1.01. The average molecular weight is 224 g/mol. The molecule has 0 aliphatic carbocycles. The van der Waals surface area contributed by atoms with E-state index in [0.717, 1.165) is 22.3 Å². The SMILES string of the molecule is C=C(C)/C=C\C(=C/C)n1cnc2ccccc21. The minimum absolute atomic E-state index is 1.01. The van der Waals surface area contributed by atoms with Gasteiger partial charge in [-0.2, -0.15) is 0 Å². The lowest BCUT2D eigenvalue weighted by Crippen LogP contribution is -1.91. The first kappa shape index (κ1) is 11.4. The minimum Gasteiger partial charge on any atom is -0.299 e. The summed E-state index contributed by atoms with van der Waals surface area (Å²) in [5.74, 6) is 0. The Morgan fingerprint density at radius 1 is 1.29 bits per heavy atom. The molecular weight excluding hydrogens is 208 g/mol. The van der Waals surface area contributed by atoms with Gasteiger partial charge in [-0.3, -0.25) is 4.57 Å². The molecule has 2 rings (SSSR count). The first-order chi connectivity index (χ1) is 8.22. The third-order valence-electron chi connectivity index (χ3n) is 2.57. The highest BCUT2D eigenvalue weighted by Crippen LogP contribution is 2.17. The Morgan fingerprint density at radius 3 is 2.76 bits per heavy atom.